The van der Waals surface area contributed by atoms with Crippen molar-refractivity contribution in [2.45, 2.75) is 26.1 Å². The van der Waals surface area contributed by atoms with Crippen molar-refractivity contribution in [3.8, 4) is 10.6 Å². The van der Waals surface area contributed by atoms with Gasteiger partial charge in [-0.05, 0) is 24.6 Å². The van der Waals surface area contributed by atoms with E-state index in [1.807, 2.05) is 13.0 Å². The number of halogens is 3. The highest BCUT2D eigenvalue weighted by atomic mass is 32.1. The lowest BCUT2D eigenvalue weighted by Gasteiger charge is -2.10. The van der Waals surface area contributed by atoms with Crippen LogP contribution in [0.15, 0.2) is 36.7 Å². The lowest BCUT2D eigenvalue weighted by molar-refractivity contribution is -0.385. The van der Waals surface area contributed by atoms with Crippen molar-refractivity contribution in [2.75, 3.05) is 6.54 Å². The van der Waals surface area contributed by atoms with E-state index in [-0.39, 0.29) is 35.8 Å². The van der Waals surface area contributed by atoms with Crippen LogP contribution < -0.4 is 5.32 Å². The number of alkyl halides is 3. The maximum absolute atomic E-state index is 13.7. The number of aromatic nitrogens is 5. The van der Waals surface area contributed by atoms with Gasteiger partial charge in [0.2, 0.25) is 0 Å². The molecule has 172 valence electrons. The largest absolute Gasteiger partial charge is 0.433 e. The first kappa shape index (κ1) is 22.4. The summed E-state index contributed by atoms with van der Waals surface area (Å²) in [6.45, 7) is 2.11. The number of nitro groups is 1. The van der Waals surface area contributed by atoms with E-state index in [1.165, 1.54) is 28.3 Å². The van der Waals surface area contributed by atoms with Gasteiger partial charge in [0.05, 0.1) is 22.0 Å². The summed E-state index contributed by atoms with van der Waals surface area (Å²) in [4.78, 5) is 28.4. The predicted molar refractivity (Wildman–Crippen MR) is 112 cm³/mol. The number of fused-ring (bicyclic) bond motifs is 1. The Morgan fingerprint density at radius 2 is 2.09 bits per heavy atom. The molecule has 0 radical (unpaired) electrons. The molecule has 0 aliphatic carbocycles. The Hall–Kier alpha value is -3.81. The van der Waals surface area contributed by atoms with Crippen LogP contribution in [0.1, 0.15) is 28.0 Å². The third kappa shape index (κ3) is 4.69. The summed E-state index contributed by atoms with van der Waals surface area (Å²) < 4.78 is 43.0. The summed E-state index contributed by atoms with van der Waals surface area (Å²) in [5.74, 6) is -0.707. The quantitative estimate of drug-likeness (QED) is 0.320. The Bertz CT molecular complexity index is 1340. The normalized spacial score (nSPS) is 11.8. The van der Waals surface area contributed by atoms with Gasteiger partial charge < -0.3 is 5.32 Å². The minimum Gasteiger partial charge on any atom is -0.349 e. The lowest BCUT2D eigenvalue weighted by Crippen LogP contribution is -2.27. The van der Waals surface area contributed by atoms with Crippen LogP contribution in [0.2, 0.25) is 0 Å². The van der Waals surface area contributed by atoms with E-state index in [0.29, 0.717) is 9.39 Å². The van der Waals surface area contributed by atoms with Crippen molar-refractivity contribution >= 4 is 28.6 Å². The predicted octanol–water partition coefficient (Wildman–Crippen LogP) is 3.57. The molecule has 10 nitrogen and oxygen atoms in total. The molecule has 1 N–H and O–H groups in total. The van der Waals surface area contributed by atoms with Crippen molar-refractivity contribution in [1.82, 2.24) is 29.7 Å². The molecule has 0 unspecified atom stereocenters. The van der Waals surface area contributed by atoms with Crippen LogP contribution in [-0.2, 0) is 19.1 Å². The minimum absolute atomic E-state index is 0.0331. The molecule has 4 aromatic rings. The first-order chi connectivity index (χ1) is 15.7. The highest BCUT2D eigenvalue weighted by molar-refractivity contribution is 7.15. The second-order valence-corrected chi connectivity index (χ2v) is 8.09. The van der Waals surface area contributed by atoms with Crippen LogP contribution >= 0.6 is 11.3 Å². The number of carbonyl (C=O) groups excluding carboxylic acids is 1. The lowest BCUT2D eigenvalue weighted by atomic mass is 10.2. The Kier molecular flexibility index (Phi) is 5.84. The zero-order valence-corrected chi connectivity index (χ0v) is 17.9. The summed E-state index contributed by atoms with van der Waals surface area (Å²) in [6.07, 6.45) is -1.69. The van der Waals surface area contributed by atoms with Gasteiger partial charge >= 0.3 is 11.9 Å². The highest BCUT2D eigenvalue weighted by Crippen LogP contribution is 2.34. The van der Waals surface area contributed by atoms with Gasteiger partial charge in [-0.15, -0.1) is 11.3 Å². The van der Waals surface area contributed by atoms with Gasteiger partial charge in [0.15, 0.2) is 17.0 Å². The molecule has 0 fully saturated rings. The maximum atomic E-state index is 13.7. The second-order valence-electron chi connectivity index (χ2n) is 6.92. The molecule has 0 aliphatic rings. The maximum Gasteiger partial charge on any atom is 0.433 e. The summed E-state index contributed by atoms with van der Waals surface area (Å²) in [5, 5.41) is 20.8. The van der Waals surface area contributed by atoms with E-state index in [9.17, 15) is 28.1 Å². The topological polar surface area (TPSA) is 120 Å². The molecule has 0 saturated heterocycles. The number of nitrogens with one attached hydrogen (secondary N) is 1. The van der Waals surface area contributed by atoms with E-state index < -0.39 is 22.7 Å². The second kappa shape index (κ2) is 8.61. The summed E-state index contributed by atoms with van der Waals surface area (Å²) >= 11 is 1.35. The molecule has 0 atom stereocenters. The van der Waals surface area contributed by atoms with E-state index in [4.69, 9.17) is 0 Å². The summed E-state index contributed by atoms with van der Waals surface area (Å²) in [7, 11) is 0. The molecule has 0 spiro atoms. The van der Waals surface area contributed by atoms with Crippen LogP contribution in [0, 0.1) is 10.1 Å². The minimum atomic E-state index is -4.71. The molecular weight excluding hydrogens is 463 g/mol. The van der Waals surface area contributed by atoms with Crippen molar-refractivity contribution in [3.63, 3.8) is 0 Å². The Balaban J connectivity index is 1.57. The number of nitrogens with zero attached hydrogens (tertiary/aromatic N) is 6. The van der Waals surface area contributed by atoms with Crippen molar-refractivity contribution in [2.24, 2.45) is 0 Å². The van der Waals surface area contributed by atoms with Gasteiger partial charge in [-0.1, -0.05) is 6.92 Å². The van der Waals surface area contributed by atoms with Crippen molar-refractivity contribution in [3.05, 3.63) is 63.0 Å². The van der Waals surface area contributed by atoms with Gasteiger partial charge in [-0.25, -0.2) is 9.50 Å². The van der Waals surface area contributed by atoms with Gasteiger partial charge in [0, 0.05) is 17.5 Å². The number of hydrogen-bond acceptors (Lipinski definition) is 7. The number of thiophene rings is 1. The number of rotatable bonds is 7. The monoisotopic (exact) mass is 479 g/mol. The number of hydrogen-bond donors (Lipinski definition) is 1. The summed E-state index contributed by atoms with van der Waals surface area (Å²) in [6, 6.07) is 5.65. The fraction of sp³-hybridized carbons (Fsp3) is 0.263. The third-order valence-corrected chi connectivity index (χ3v) is 5.92. The average molecular weight is 479 g/mol. The average Bonchev–Trinajstić information content (AvgIpc) is 3.50. The zero-order chi connectivity index (χ0) is 23.8. The molecule has 0 saturated carbocycles. The van der Waals surface area contributed by atoms with Gasteiger partial charge in [0.1, 0.15) is 12.4 Å². The Morgan fingerprint density at radius 3 is 2.73 bits per heavy atom. The summed E-state index contributed by atoms with van der Waals surface area (Å²) in [5.41, 5.74) is -1.44. The molecule has 4 aromatic heterocycles. The number of carbonyl (C=O) groups is 1. The van der Waals surface area contributed by atoms with Gasteiger partial charge in [-0.2, -0.15) is 23.4 Å². The SMILES string of the molecule is CCc1ccc(-c2cc(C(F)(F)F)n3nc(C(=O)NCCn4cc([N+](=O)[O-])cn4)cc3n2)s1. The first-order valence-electron chi connectivity index (χ1n) is 9.68. The number of aryl methyl sites for hydroxylation is 1. The fourth-order valence-corrected chi connectivity index (χ4v) is 3.97. The molecular formula is C19H16F3N7O3S. The molecule has 0 aliphatic heterocycles. The van der Waals surface area contributed by atoms with E-state index >= 15 is 0 Å². The van der Waals surface area contributed by atoms with Crippen molar-refractivity contribution < 1.29 is 22.9 Å². The zero-order valence-electron chi connectivity index (χ0n) is 17.0. The van der Waals surface area contributed by atoms with Gasteiger partial charge in [0.25, 0.3) is 5.91 Å². The molecule has 0 aromatic carbocycles. The van der Waals surface area contributed by atoms with Crippen LogP contribution in [0.3, 0.4) is 0 Å². The first-order valence-corrected chi connectivity index (χ1v) is 10.5. The Labute approximate surface area is 187 Å². The molecule has 1 amide bonds. The smallest absolute Gasteiger partial charge is 0.349 e. The van der Waals surface area contributed by atoms with Crippen LogP contribution in [0.5, 0.6) is 0 Å². The van der Waals surface area contributed by atoms with E-state index in [1.54, 1.807) is 6.07 Å². The molecule has 4 rings (SSSR count). The van der Waals surface area contributed by atoms with Crippen LogP contribution in [0.25, 0.3) is 16.2 Å². The Morgan fingerprint density at radius 1 is 1.30 bits per heavy atom. The number of amides is 1. The van der Waals surface area contributed by atoms with Gasteiger partial charge in [-0.3, -0.25) is 19.6 Å². The molecule has 4 heterocycles. The third-order valence-electron chi connectivity index (χ3n) is 4.67. The van der Waals surface area contributed by atoms with Crippen LogP contribution in [0.4, 0.5) is 18.9 Å². The molecule has 14 heteroatoms. The molecule has 0 bridgehead atoms. The highest BCUT2D eigenvalue weighted by Gasteiger charge is 2.35. The fourth-order valence-electron chi connectivity index (χ4n) is 3.06. The van der Waals surface area contributed by atoms with E-state index in [2.05, 4.69) is 20.5 Å². The van der Waals surface area contributed by atoms with Crippen molar-refractivity contribution in [1.29, 1.82) is 0 Å². The van der Waals surface area contributed by atoms with Crippen LogP contribution in [-0.4, -0.2) is 41.8 Å². The molecule has 33 heavy (non-hydrogen) atoms. The standard InChI is InChI=1S/C19H16F3N7O3S/c1-2-12-3-4-15(33-12)13-7-16(19(20,21)22)28-17(25-13)8-14(26-28)18(30)23-5-6-27-10-11(9-24-27)29(31)32/h3-4,7-10H,2,5-6H2,1H3,(H,23,30). The van der Waals surface area contributed by atoms with E-state index in [0.717, 1.165) is 23.6 Å².